The number of carbonyl (C=O) groups excluding carboxylic acids is 1. The summed E-state index contributed by atoms with van der Waals surface area (Å²) in [5, 5.41) is 12.3. The van der Waals surface area contributed by atoms with Gasteiger partial charge in [0.2, 0.25) is 0 Å². The second-order valence-corrected chi connectivity index (χ2v) is 3.98. The number of hydrogen-bond acceptors (Lipinski definition) is 3. The Balaban J connectivity index is 2.66. The summed E-state index contributed by atoms with van der Waals surface area (Å²) in [6, 6.07) is 4.64. The van der Waals surface area contributed by atoms with Gasteiger partial charge >= 0.3 is 0 Å². The van der Waals surface area contributed by atoms with Gasteiger partial charge in [-0.05, 0) is 24.6 Å². The Morgan fingerprint density at radius 1 is 1.56 bits per heavy atom. The van der Waals surface area contributed by atoms with Crippen molar-refractivity contribution in [3.05, 3.63) is 28.8 Å². The van der Waals surface area contributed by atoms with Crippen molar-refractivity contribution in [2.45, 2.75) is 19.4 Å². The minimum atomic E-state index is -0.527. The minimum absolute atomic E-state index is 0.224. The fraction of sp³-hybridized carbons (Fsp3) is 0.364. The molecule has 0 aliphatic rings. The Morgan fingerprint density at radius 2 is 2.25 bits per heavy atom. The average Bonchev–Trinajstić information content (AvgIpc) is 2.23. The molecule has 0 aliphatic heterocycles. The number of nitrogens with two attached hydrogens (primary N) is 1. The third-order valence-corrected chi connectivity index (χ3v) is 2.37. The van der Waals surface area contributed by atoms with Gasteiger partial charge in [0, 0.05) is 22.8 Å². The zero-order chi connectivity index (χ0) is 12.1. The number of aliphatic hydroxyl groups is 1. The summed E-state index contributed by atoms with van der Waals surface area (Å²) in [6.45, 7) is 2.07. The normalized spacial score (nSPS) is 12.2. The molecule has 4 N–H and O–H groups in total. The van der Waals surface area contributed by atoms with Gasteiger partial charge < -0.3 is 16.2 Å². The van der Waals surface area contributed by atoms with Gasteiger partial charge in [0.05, 0.1) is 6.10 Å². The van der Waals surface area contributed by atoms with Gasteiger partial charge in [0.25, 0.3) is 5.91 Å². The van der Waals surface area contributed by atoms with Crippen LogP contribution in [-0.4, -0.2) is 23.7 Å². The smallest absolute Gasteiger partial charge is 0.251 e. The highest BCUT2D eigenvalue weighted by Gasteiger charge is 2.08. The van der Waals surface area contributed by atoms with E-state index in [2.05, 4.69) is 5.32 Å². The lowest BCUT2D eigenvalue weighted by molar-refractivity contribution is 0.0914. The van der Waals surface area contributed by atoms with Crippen LogP contribution in [0.25, 0.3) is 0 Å². The van der Waals surface area contributed by atoms with Crippen molar-refractivity contribution in [1.29, 1.82) is 0 Å². The van der Waals surface area contributed by atoms with Crippen LogP contribution in [-0.2, 0) is 0 Å². The Labute approximate surface area is 99.4 Å². The maximum atomic E-state index is 11.6. The highest BCUT2D eigenvalue weighted by Crippen LogP contribution is 2.16. The molecule has 1 aromatic carbocycles. The maximum Gasteiger partial charge on any atom is 0.251 e. The van der Waals surface area contributed by atoms with Gasteiger partial charge in [0.1, 0.15) is 0 Å². The number of carbonyl (C=O) groups is 1. The Morgan fingerprint density at radius 3 is 2.81 bits per heavy atom. The molecular formula is C11H15ClN2O2. The van der Waals surface area contributed by atoms with E-state index in [1.807, 2.05) is 6.92 Å². The Hall–Kier alpha value is -1.26. The number of nitrogens with one attached hydrogen (secondary N) is 1. The molecule has 0 saturated carbocycles. The number of halogens is 1. The van der Waals surface area contributed by atoms with E-state index in [1.165, 1.54) is 6.07 Å². The highest BCUT2D eigenvalue weighted by molar-refractivity contribution is 6.31. The number of aliphatic hydroxyl groups excluding tert-OH is 1. The van der Waals surface area contributed by atoms with Crippen molar-refractivity contribution < 1.29 is 9.90 Å². The van der Waals surface area contributed by atoms with Gasteiger partial charge in [-0.2, -0.15) is 0 Å². The van der Waals surface area contributed by atoms with Gasteiger partial charge in [0.15, 0.2) is 0 Å². The molecular weight excluding hydrogens is 228 g/mol. The molecule has 0 spiro atoms. The van der Waals surface area contributed by atoms with Crippen molar-refractivity contribution in [2.75, 3.05) is 12.3 Å². The SMILES string of the molecule is CCC(O)CNC(=O)c1cc(N)cc(Cl)c1. The first-order valence-corrected chi connectivity index (χ1v) is 5.43. The molecule has 5 heteroatoms. The first kappa shape index (κ1) is 12.8. The first-order chi connectivity index (χ1) is 7.52. The van der Waals surface area contributed by atoms with Crippen molar-refractivity contribution in [3.8, 4) is 0 Å². The second-order valence-electron chi connectivity index (χ2n) is 3.55. The number of amides is 1. The lowest BCUT2D eigenvalue weighted by Crippen LogP contribution is -2.31. The average molecular weight is 243 g/mol. The molecule has 0 aromatic heterocycles. The molecule has 1 aromatic rings. The highest BCUT2D eigenvalue weighted by atomic mass is 35.5. The van der Waals surface area contributed by atoms with E-state index in [9.17, 15) is 9.90 Å². The van der Waals surface area contributed by atoms with E-state index >= 15 is 0 Å². The topological polar surface area (TPSA) is 75.3 Å². The van der Waals surface area contributed by atoms with Crippen LogP contribution < -0.4 is 11.1 Å². The van der Waals surface area contributed by atoms with Crippen LogP contribution in [0.3, 0.4) is 0 Å². The van der Waals surface area contributed by atoms with Crippen LogP contribution in [0, 0.1) is 0 Å². The molecule has 4 nitrogen and oxygen atoms in total. The summed E-state index contributed by atoms with van der Waals surface area (Å²) < 4.78 is 0. The molecule has 0 fully saturated rings. The molecule has 0 saturated heterocycles. The third kappa shape index (κ3) is 3.72. The molecule has 1 rings (SSSR count). The van der Waals surface area contributed by atoms with E-state index < -0.39 is 6.10 Å². The van der Waals surface area contributed by atoms with Crippen LogP contribution in [0.2, 0.25) is 5.02 Å². The molecule has 1 unspecified atom stereocenters. The predicted molar refractivity (Wildman–Crippen MR) is 64.5 cm³/mol. The van der Waals surface area contributed by atoms with Crippen molar-refractivity contribution in [3.63, 3.8) is 0 Å². The zero-order valence-corrected chi connectivity index (χ0v) is 9.79. The number of rotatable bonds is 4. The summed E-state index contributed by atoms with van der Waals surface area (Å²) >= 11 is 5.77. The molecule has 1 amide bonds. The summed E-state index contributed by atoms with van der Waals surface area (Å²) in [5.74, 6) is -0.290. The molecule has 1 atom stereocenters. The largest absolute Gasteiger partial charge is 0.399 e. The van der Waals surface area contributed by atoms with E-state index in [4.69, 9.17) is 17.3 Å². The van der Waals surface area contributed by atoms with Crippen LogP contribution >= 0.6 is 11.6 Å². The van der Waals surface area contributed by atoms with Crippen LogP contribution in [0.4, 0.5) is 5.69 Å². The van der Waals surface area contributed by atoms with Crippen LogP contribution in [0.1, 0.15) is 23.7 Å². The van der Waals surface area contributed by atoms with Crippen LogP contribution in [0.15, 0.2) is 18.2 Å². The number of hydrogen-bond donors (Lipinski definition) is 3. The summed E-state index contributed by atoms with van der Waals surface area (Å²) in [4.78, 5) is 11.6. The van der Waals surface area contributed by atoms with Gasteiger partial charge in [-0.15, -0.1) is 0 Å². The van der Waals surface area contributed by atoms with E-state index in [0.717, 1.165) is 0 Å². The van der Waals surface area contributed by atoms with Gasteiger partial charge in [-0.3, -0.25) is 4.79 Å². The predicted octanol–water partition coefficient (Wildman–Crippen LogP) is 1.42. The molecule has 0 radical (unpaired) electrons. The van der Waals surface area contributed by atoms with E-state index in [1.54, 1.807) is 12.1 Å². The Bertz CT molecular complexity index is 362. The minimum Gasteiger partial charge on any atom is -0.399 e. The monoisotopic (exact) mass is 242 g/mol. The maximum absolute atomic E-state index is 11.6. The van der Waals surface area contributed by atoms with Crippen molar-refractivity contribution in [2.24, 2.45) is 0 Å². The Kier molecular flexibility index (Phi) is 4.58. The number of anilines is 1. The van der Waals surface area contributed by atoms with E-state index in [-0.39, 0.29) is 12.5 Å². The zero-order valence-electron chi connectivity index (χ0n) is 9.03. The van der Waals surface area contributed by atoms with Crippen molar-refractivity contribution in [1.82, 2.24) is 5.32 Å². The second kappa shape index (κ2) is 5.72. The summed E-state index contributed by atoms with van der Waals surface area (Å²) in [5.41, 5.74) is 6.40. The number of benzene rings is 1. The first-order valence-electron chi connectivity index (χ1n) is 5.05. The standard InChI is InChI=1S/C11H15ClN2O2/c1-2-10(15)6-14-11(16)7-3-8(12)5-9(13)4-7/h3-5,10,15H,2,6,13H2,1H3,(H,14,16). The molecule has 0 heterocycles. The van der Waals surface area contributed by atoms with Gasteiger partial charge in [-0.1, -0.05) is 18.5 Å². The lowest BCUT2D eigenvalue weighted by Gasteiger charge is -2.10. The fourth-order valence-corrected chi connectivity index (χ4v) is 1.44. The van der Waals surface area contributed by atoms with Crippen LogP contribution in [0.5, 0.6) is 0 Å². The van der Waals surface area contributed by atoms with E-state index in [0.29, 0.717) is 22.7 Å². The third-order valence-electron chi connectivity index (χ3n) is 2.15. The summed E-state index contributed by atoms with van der Waals surface area (Å²) in [6.07, 6.45) is 0.0679. The molecule has 0 aliphatic carbocycles. The van der Waals surface area contributed by atoms with Crippen molar-refractivity contribution >= 4 is 23.2 Å². The molecule has 16 heavy (non-hydrogen) atoms. The lowest BCUT2D eigenvalue weighted by atomic mass is 10.2. The summed E-state index contributed by atoms with van der Waals surface area (Å²) in [7, 11) is 0. The molecule has 0 bridgehead atoms. The fourth-order valence-electron chi connectivity index (χ4n) is 1.20. The quantitative estimate of drug-likeness (QED) is 0.699. The molecule has 88 valence electrons. The van der Waals surface area contributed by atoms with Gasteiger partial charge in [-0.25, -0.2) is 0 Å². The number of nitrogen functional groups attached to an aromatic ring is 1.